The Morgan fingerprint density at radius 3 is 2.85 bits per heavy atom. The van der Waals surface area contributed by atoms with Crippen LogP contribution in [0, 0.1) is 5.92 Å². The van der Waals surface area contributed by atoms with Crippen LogP contribution in [-0.4, -0.2) is 37.2 Å². The fraction of sp³-hybridized carbons (Fsp3) is 0.625. The van der Waals surface area contributed by atoms with Gasteiger partial charge in [0.2, 0.25) is 0 Å². The molecular formula is C16H24N2O2. The van der Waals surface area contributed by atoms with Crippen molar-refractivity contribution in [1.29, 1.82) is 0 Å². The summed E-state index contributed by atoms with van der Waals surface area (Å²) in [6, 6.07) is 6.58. The highest BCUT2D eigenvalue weighted by Crippen LogP contribution is 2.31. The predicted octanol–water partition coefficient (Wildman–Crippen LogP) is 2.02. The third-order valence-corrected chi connectivity index (χ3v) is 4.32. The summed E-state index contributed by atoms with van der Waals surface area (Å²) in [5.41, 5.74) is 7.44. The smallest absolute Gasteiger partial charge is 0.161 e. The fourth-order valence-corrected chi connectivity index (χ4v) is 2.88. The van der Waals surface area contributed by atoms with Crippen molar-refractivity contribution in [3.8, 4) is 11.5 Å². The van der Waals surface area contributed by atoms with Crippen molar-refractivity contribution in [2.75, 3.05) is 26.3 Å². The summed E-state index contributed by atoms with van der Waals surface area (Å²) in [4.78, 5) is 2.43. The normalized spacial score (nSPS) is 27.1. The summed E-state index contributed by atoms with van der Waals surface area (Å²) in [6.45, 7) is 6.78. The number of likely N-dealkylation sites (tertiary alicyclic amines) is 1. The van der Waals surface area contributed by atoms with E-state index in [2.05, 4.69) is 24.0 Å². The molecule has 4 nitrogen and oxygen atoms in total. The second-order valence-electron chi connectivity index (χ2n) is 6.00. The minimum Gasteiger partial charge on any atom is -0.490 e. The number of ether oxygens (including phenoxy) is 2. The summed E-state index contributed by atoms with van der Waals surface area (Å²) in [6.07, 6.45) is 2.13. The first kappa shape index (κ1) is 13.7. The van der Waals surface area contributed by atoms with Gasteiger partial charge >= 0.3 is 0 Å². The molecule has 0 radical (unpaired) electrons. The molecule has 1 aromatic carbocycles. The first-order chi connectivity index (χ1) is 9.72. The topological polar surface area (TPSA) is 47.7 Å². The molecule has 0 amide bonds. The van der Waals surface area contributed by atoms with Crippen LogP contribution in [0.1, 0.15) is 25.3 Å². The van der Waals surface area contributed by atoms with Gasteiger partial charge in [-0.05, 0) is 36.6 Å². The van der Waals surface area contributed by atoms with Gasteiger partial charge in [-0.25, -0.2) is 0 Å². The first-order valence-corrected chi connectivity index (χ1v) is 7.59. The summed E-state index contributed by atoms with van der Waals surface area (Å²) < 4.78 is 11.4. The van der Waals surface area contributed by atoms with Gasteiger partial charge in [0.25, 0.3) is 0 Å². The Kier molecular flexibility index (Phi) is 4.13. The van der Waals surface area contributed by atoms with E-state index in [1.54, 1.807) is 0 Å². The number of benzene rings is 1. The van der Waals surface area contributed by atoms with Gasteiger partial charge in [0.15, 0.2) is 11.5 Å². The van der Waals surface area contributed by atoms with Gasteiger partial charge in [0, 0.05) is 25.6 Å². The quantitative estimate of drug-likeness (QED) is 0.897. The molecule has 0 aliphatic carbocycles. The number of nitrogens with zero attached hydrogens (tertiary/aromatic N) is 1. The number of nitrogens with two attached hydrogens (primary N) is 1. The Balaban J connectivity index is 1.67. The zero-order valence-corrected chi connectivity index (χ0v) is 12.2. The van der Waals surface area contributed by atoms with Crippen LogP contribution in [0.3, 0.4) is 0 Å². The molecule has 2 aliphatic rings. The molecule has 20 heavy (non-hydrogen) atoms. The monoisotopic (exact) mass is 276 g/mol. The van der Waals surface area contributed by atoms with Crippen molar-refractivity contribution in [3.05, 3.63) is 23.8 Å². The predicted molar refractivity (Wildman–Crippen MR) is 79.1 cm³/mol. The van der Waals surface area contributed by atoms with Gasteiger partial charge in [0.1, 0.15) is 0 Å². The summed E-state index contributed by atoms with van der Waals surface area (Å²) in [7, 11) is 0. The molecule has 2 unspecified atom stereocenters. The SMILES string of the molecule is CC1CCN(Cc2ccc3c(c2)OCCCO3)CC1N. The molecule has 1 aromatic rings. The maximum atomic E-state index is 6.17. The summed E-state index contributed by atoms with van der Waals surface area (Å²) in [5, 5.41) is 0. The molecule has 0 spiro atoms. The van der Waals surface area contributed by atoms with Gasteiger partial charge in [-0.1, -0.05) is 13.0 Å². The molecule has 110 valence electrons. The third-order valence-electron chi connectivity index (χ3n) is 4.32. The highest BCUT2D eigenvalue weighted by atomic mass is 16.5. The molecule has 0 saturated carbocycles. The molecule has 3 rings (SSSR count). The van der Waals surface area contributed by atoms with Crippen LogP contribution in [0.5, 0.6) is 11.5 Å². The van der Waals surface area contributed by atoms with E-state index in [-0.39, 0.29) is 0 Å². The van der Waals surface area contributed by atoms with Crippen LogP contribution < -0.4 is 15.2 Å². The Hall–Kier alpha value is -1.26. The molecule has 4 heteroatoms. The average molecular weight is 276 g/mol. The minimum absolute atomic E-state index is 0.296. The second kappa shape index (κ2) is 6.02. The highest BCUT2D eigenvalue weighted by molar-refractivity contribution is 5.43. The Bertz CT molecular complexity index is 464. The summed E-state index contributed by atoms with van der Waals surface area (Å²) >= 11 is 0. The van der Waals surface area contributed by atoms with E-state index < -0.39 is 0 Å². The molecule has 2 N–H and O–H groups in total. The molecule has 0 bridgehead atoms. The summed E-state index contributed by atoms with van der Waals surface area (Å²) in [5.74, 6) is 2.39. The van der Waals surface area contributed by atoms with Gasteiger partial charge in [-0.3, -0.25) is 4.90 Å². The van der Waals surface area contributed by atoms with Crippen molar-refractivity contribution >= 4 is 0 Å². The van der Waals surface area contributed by atoms with Gasteiger partial charge in [-0.15, -0.1) is 0 Å². The van der Waals surface area contributed by atoms with E-state index in [1.165, 1.54) is 12.0 Å². The van der Waals surface area contributed by atoms with Crippen molar-refractivity contribution in [1.82, 2.24) is 4.90 Å². The number of rotatable bonds is 2. The van der Waals surface area contributed by atoms with Crippen molar-refractivity contribution in [2.45, 2.75) is 32.4 Å². The van der Waals surface area contributed by atoms with Crippen LogP contribution >= 0.6 is 0 Å². The fourth-order valence-electron chi connectivity index (χ4n) is 2.88. The number of piperidine rings is 1. The average Bonchev–Trinajstić information content (AvgIpc) is 2.68. The van der Waals surface area contributed by atoms with Crippen LogP contribution in [0.15, 0.2) is 18.2 Å². The largest absolute Gasteiger partial charge is 0.490 e. The van der Waals surface area contributed by atoms with E-state index in [0.29, 0.717) is 12.0 Å². The van der Waals surface area contributed by atoms with E-state index in [4.69, 9.17) is 15.2 Å². The van der Waals surface area contributed by atoms with E-state index >= 15 is 0 Å². The standard InChI is InChI=1S/C16H24N2O2/c1-12-5-6-18(11-14(12)17)10-13-3-4-15-16(9-13)20-8-2-7-19-15/h3-4,9,12,14H,2,5-8,10-11,17H2,1H3. The number of hydrogen-bond acceptors (Lipinski definition) is 4. The number of fused-ring (bicyclic) bond motifs is 1. The maximum absolute atomic E-state index is 6.17. The van der Waals surface area contributed by atoms with Crippen LogP contribution in [0.2, 0.25) is 0 Å². The van der Waals surface area contributed by atoms with E-state index in [1.807, 2.05) is 6.07 Å². The van der Waals surface area contributed by atoms with Crippen molar-refractivity contribution in [3.63, 3.8) is 0 Å². The molecule has 2 atom stereocenters. The Labute approximate surface area is 120 Å². The zero-order valence-electron chi connectivity index (χ0n) is 12.2. The lowest BCUT2D eigenvalue weighted by Crippen LogP contribution is -2.47. The molecule has 2 heterocycles. The van der Waals surface area contributed by atoms with Crippen molar-refractivity contribution in [2.24, 2.45) is 11.7 Å². The molecule has 1 fully saturated rings. The lowest BCUT2D eigenvalue weighted by Gasteiger charge is -2.35. The minimum atomic E-state index is 0.296. The zero-order chi connectivity index (χ0) is 13.9. The second-order valence-corrected chi connectivity index (χ2v) is 6.00. The first-order valence-electron chi connectivity index (χ1n) is 7.59. The molecular weight excluding hydrogens is 252 g/mol. The van der Waals surface area contributed by atoms with Crippen LogP contribution in [-0.2, 0) is 6.54 Å². The Morgan fingerprint density at radius 1 is 1.25 bits per heavy atom. The third kappa shape index (κ3) is 3.07. The lowest BCUT2D eigenvalue weighted by molar-refractivity contribution is 0.162. The molecule has 0 aromatic heterocycles. The van der Waals surface area contributed by atoms with Crippen molar-refractivity contribution < 1.29 is 9.47 Å². The van der Waals surface area contributed by atoms with Gasteiger partial charge in [0.05, 0.1) is 13.2 Å². The highest BCUT2D eigenvalue weighted by Gasteiger charge is 2.23. The number of hydrogen-bond donors (Lipinski definition) is 1. The Morgan fingerprint density at radius 2 is 2.05 bits per heavy atom. The lowest BCUT2D eigenvalue weighted by atomic mass is 9.94. The van der Waals surface area contributed by atoms with Gasteiger partial charge < -0.3 is 15.2 Å². The molecule has 2 aliphatic heterocycles. The van der Waals surface area contributed by atoms with E-state index in [0.717, 1.165) is 50.8 Å². The molecule has 1 saturated heterocycles. The maximum Gasteiger partial charge on any atom is 0.161 e. The van der Waals surface area contributed by atoms with Gasteiger partial charge in [-0.2, -0.15) is 0 Å². The van der Waals surface area contributed by atoms with Crippen LogP contribution in [0.4, 0.5) is 0 Å². The van der Waals surface area contributed by atoms with E-state index in [9.17, 15) is 0 Å². The van der Waals surface area contributed by atoms with Crippen LogP contribution in [0.25, 0.3) is 0 Å².